The summed E-state index contributed by atoms with van der Waals surface area (Å²) >= 11 is 0. The van der Waals surface area contributed by atoms with Crippen LogP contribution in [0.5, 0.6) is 0 Å². The van der Waals surface area contributed by atoms with Crippen LogP contribution in [-0.2, 0) is 0 Å². The van der Waals surface area contributed by atoms with Crippen LogP contribution in [0.4, 0.5) is 0 Å². The van der Waals surface area contributed by atoms with Gasteiger partial charge in [-0.3, -0.25) is 0 Å². The Bertz CT molecular complexity index is 228. The Morgan fingerprint density at radius 1 is 1.28 bits per heavy atom. The van der Waals surface area contributed by atoms with E-state index in [1.807, 2.05) is 0 Å². The van der Waals surface area contributed by atoms with E-state index in [2.05, 4.69) is 24.1 Å². The largest absolute Gasteiger partial charge is 0.316 e. The predicted molar refractivity (Wildman–Crippen MR) is 78.9 cm³/mol. The molecule has 0 aliphatic carbocycles. The second-order valence-corrected chi connectivity index (χ2v) is 6.68. The van der Waals surface area contributed by atoms with E-state index in [1.54, 1.807) is 0 Å². The lowest BCUT2D eigenvalue weighted by molar-refractivity contribution is 0.0745. The third-order valence-corrected chi connectivity index (χ3v) is 5.08. The maximum Gasteiger partial charge on any atom is 0.00503 e. The highest BCUT2D eigenvalue weighted by Gasteiger charge is 2.34. The summed E-state index contributed by atoms with van der Waals surface area (Å²) in [5.74, 6) is 0.967. The SMILES string of the molecule is CCCC1(CN2CCCC(CC)C2)CCCNC1. The van der Waals surface area contributed by atoms with E-state index in [9.17, 15) is 0 Å². The number of hydrogen-bond acceptors (Lipinski definition) is 2. The molecule has 2 aliphatic heterocycles. The first-order chi connectivity index (χ1) is 8.78. The Morgan fingerprint density at radius 3 is 2.83 bits per heavy atom. The predicted octanol–water partition coefficient (Wildman–Crippen LogP) is 3.28. The van der Waals surface area contributed by atoms with Crippen molar-refractivity contribution < 1.29 is 0 Å². The van der Waals surface area contributed by atoms with Crippen molar-refractivity contribution in [1.82, 2.24) is 10.2 Å². The van der Waals surface area contributed by atoms with Crippen molar-refractivity contribution in [3.63, 3.8) is 0 Å². The van der Waals surface area contributed by atoms with Gasteiger partial charge in [0.2, 0.25) is 0 Å². The van der Waals surface area contributed by atoms with Crippen molar-refractivity contribution in [2.24, 2.45) is 11.3 Å². The molecule has 0 spiro atoms. The summed E-state index contributed by atoms with van der Waals surface area (Å²) < 4.78 is 0. The third-order valence-electron chi connectivity index (χ3n) is 5.08. The lowest BCUT2D eigenvalue weighted by atomic mass is 9.76. The first-order valence-corrected chi connectivity index (χ1v) is 8.21. The fourth-order valence-electron chi connectivity index (χ4n) is 4.09. The lowest BCUT2D eigenvalue weighted by Gasteiger charge is -2.44. The van der Waals surface area contributed by atoms with E-state index in [4.69, 9.17) is 0 Å². The minimum absolute atomic E-state index is 0.586. The zero-order valence-electron chi connectivity index (χ0n) is 12.5. The molecule has 0 aromatic heterocycles. The molecule has 1 N–H and O–H groups in total. The highest BCUT2D eigenvalue weighted by Crippen LogP contribution is 2.34. The van der Waals surface area contributed by atoms with Crippen LogP contribution in [0.2, 0.25) is 0 Å². The highest BCUT2D eigenvalue weighted by atomic mass is 15.1. The molecule has 2 nitrogen and oxygen atoms in total. The van der Waals surface area contributed by atoms with Gasteiger partial charge in [-0.1, -0.05) is 26.7 Å². The topological polar surface area (TPSA) is 15.3 Å². The zero-order chi connectivity index (χ0) is 12.8. The van der Waals surface area contributed by atoms with Gasteiger partial charge < -0.3 is 10.2 Å². The second-order valence-electron chi connectivity index (χ2n) is 6.68. The van der Waals surface area contributed by atoms with Gasteiger partial charge >= 0.3 is 0 Å². The van der Waals surface area contributed by atoms with Gasteiger partial charge in [0.05, 0.1) is 0 Å². The summed E-state index contributed by atoms with van der Waals surface area (Å²) in [4.78, 5) is 2.78. The molecule has 2 aliphatic rings. The molecule has 2 heteroatoms. The molecule has 0 saturated carbocycles. The van der Waals surface area contributed by atoms with Crippen molar-refractivity contribution in [1.29, 1.82) is 0 Å². The summed E-state index contributed by atoms with van der Waals surface area (Å²) in [6.45, 7) is 11.3. The van der Waals surface area contributed by atoms with Crippen molar-refractivity contribution in [2.75, 3.05) is 32.7 Å². The third kappa shape index (κ3) is 3.71. The molecule has 0 aromatic rings. The van der Waals surface area contributed by atoms with Gasteiger partial charge in [0.1, 0.15) is 0 Å². The molecule has 0 radical (unpaired) electrons. The molecule has 2 fully saturated rings. The van der Waals surface area contributed by atoms with Gasteiger partial charge in [-0.25, -0.2) is 0 Å². The molecule has 18 heavy (non-hydrogen) atoms. The Labute approximate surface area is 114 Å². The Kier molecular flexibility index (Phi) is 5.50. The van der Waals surface area contributed by atoms with E-state index in [0.29, 0.717) is 5.41 Å². The molecular weight excluding hydrogens is 220 g/mol. The van der Waals surface area contributed by atoms with Gasteiger partial charge in [-0.15, -0.1) is 0 Å². The van der Waals surface area contributed by atoms with Crippen LogP contribution >= 0.6 is 0 Å². The van der Waals surface area contributed by atoms with Gasteiger partial charge in [0, 0.05) is 19.6 Å². The molecule has 2 atom stereocenters. The number of piperidine rings is 2. The molecule has 2 unspecified atom stereocenters. The Morgan fingerprint density at radius 2 is 2.17 bits per heavy atom. The molecule has 0 amide bonds. The van der Waals surface area contributed by atoms with E-state index in [0.717, 1.165) is 5.92 Å². The van der Waals surface area contributed by atoms with Crippen molar-refractivity contribution in [3.05, 3.63) is 0 Å². The molecule has 0 aromatic carbocycles. The van der Waals surface area contributed by atoms with Crippen molar-refractivity contribution in [2.45, 2.75) is 58.8 Å². The quantitative estimate of drug-likeness (QED) is 0.808. The monoisotopic (exact) mass is 252 g/mol. The number of nitrogens with one attached hydrogen (secondary N) is 1. The fourth-order valence-corrected chi connectivity index (χ4v) is 4.09. The maximum absolute atomic E-state index is 3.65. The minimum Gasteiger partial charge on any atom is -0.316 e. The van der Waals surface area contributed by atoms with E-state index in [1.165, 1.54) is 77.7 Å². The van der Waals surface area contributed by atoms with Gasteiger partial charge in [0.15, 0.2) is 0 Å². The normalized spacial score (nSPS) is 34.7. The highest BCUT2D eigenvalue weighted by molar-refractivity contribution is 4.89. The molecule has 2 saturated heterocycles. The summed E-state index contributed by atoms with van der Waals surface area (Å²) in [5.41, 5.74) is 0.586. The van der Waals surface area contributed by atoms with E-state index in [-0.39, 0.29) is 0 Å². The number of rotatable bonds is 5. The number of hydrogen-bond donors (Lipinski definition) is 1. The van der Waals surface area contributed by atoms with Crippen LogP contribution < -0.4 is 5.32 Å². The van der Waals surface area contributed by atoms with Gasteiger partial charge in [-0.2, -0.15) is 0 Å². The average molecular weight is 252 g/mol. The van der Waals surface area contributed by atoms with Crippen molar-refractivity contribution in [3.8, 4) is 0 Å². The number of likely N-dealkylation sites (tertiary alicyclic amines) is 1. The van der Waals surface area contributed by atoms with Crippen LogP contribution in [0.15, 0.2) is 0 Å². The van der Waals surface area contributed by atoms with Crippen LogP contribution in [-0.4, -0.2) is 37.6 Å². The first-order valence-electron chi connectivity index (χ1n) is 8.21. The second kappa shape index (κ2) is 6.91. The smallest absolute Gasteiger partial charge is 0.00503 e. The van der Waals surface area contributed by atoms with Gasteiger partial charge in [-0.05, 0) is 56.5 Å². The summed E-state index contributed by atoms with van der Waals surface area (Å²) in [6, 6.07) is 0. The fraction of sp³-hybridized carbons (Fsp3) is 1.00. The zero-order valence-corrected chi connectivity index (χ0v) is 12.5. The lowest BCUT2D eigenvalue weighted by Crippen LogP contribution is -2.49. The maximum atomic E-state index is 3.65. The van der Waals surface area contributed by atoms with E-state index >= 15 is 0 Å². The molecule has 106 valence electrons. The molecule has 2 heterocycles. The molecule has 0 bridgehead atoms. The average Bonchev–Trinajstić information content (AvgIpc) is 2.40. The molecular formula is C16H32N2. The Balaban J connectivity index is 1.91. The van der Waals surface area contributed by atoms with Gasteiger partial charge in [0.25, 0.3) is 0 Å². The van der Waals surface area contributed by atoms with Crippen LogP contribution in [0.3, 0.4) is 0 Å². The summed E-state index contributed by atoms with van der Waals surface area (Å²) in [5, 5.41) is 3.65. The minimum atomic E-state index is 0.586. The summed E-state index contributed by atoms with van der Waals surface area (Å²) in [7, 11) is 0. The first kappa shape index (κ1) is 14.3. The van der Waals surface area contributed by atoms with Crippen LogP contribution in [0, 0.1) is 11.3 Å². The van der Waals surface area contributed by atoms with E-state index < -0.39 is 0 Å². The van der Waals surface area contributed by atoms with Crippen LogP contribution in [0.25, 0.3) is 0 Å². The standard InChI is InChI=1S/C16H32N2/c1-3-8-16(9-6-10-17-13-16)14-18-11-5-7-15(4-2)12-18/h15,17H,3-14H2,1-2H3. The molecule has 2 rings (SSSR count). The summed E-state index contributed by atoms with van der Waals surface area (Å²) in [6.07, 6.45) is 9.84. The number of nitrogens with zero attached hydrogens (tertiary/aromatic N) is 1. The Hall–Kier alpha value is -0.0800. The van der Waals surface area contributed by atoms with Crippen molar-refractivity contribution >= 4 is 0 Å². The van der Waals surface area contributed by atoms with Crippen LogP contribution in [0.1, 0.15) is 58.8 Å².